The third-order valence-electron chi connectivity index (χ3n) is 2.04. The number of nitrogens with two attached hydrogens (primary N) is 1. The van der Waals surface area contributed by atoms with Gasteiger partial charge in [-0.2, -0.15) is 11.8 Å². The van der Waals surface area contributed by atoms with Gasteiger partial charge in [-0.1, -0.05) is 0 Å². The first-order chi connectivity index (χ1) is 7.13. The molecule has 0 aliphatic rings. The van der Waals surface area contributed by atoms with Gasteiger partial charge in [0.1, 0.15) is 11.5 Å². The highest BCUT2D eigenvalue weighted by atomic mass is 32.2. The SMILES string of the molecule is Cc1cc(CN(C)C)oc1CSCCN. The molecule has 3 nitrogen and oxygen atoms in total. The van der Waals surface area contributed by atoms with Gasteiger partial charge in [0.05, 0.1) is 12.3 Å². The normalized spacial score (nSPS) is 11.3. The quantitative estimate of drug-likeness (QED) is 0.754. The van der Waals surface area contributed by atoms with Crippen LogP contribution in [0.25, 0.3) is 0 Å². The van der Waals surface area contributed by atoms with Gasteiger partial charge >= 0.3 is 0 Å². The van der Waals surface area contributed by atoms with Crippen LogP contribution in [0.4, 0.5) is 0 Å². The van der Waals surface area contributed by atoms with Crippen LogP contribution in [0, 0.1) is 6.92 Å². The Morgan fingerprint density at radius 2 is 2.20 bits per heavy atom. The molecule has 1 heterocycles. The number of thioether (sulfide) groups is 1. The molecule has 2 N–H and O–H groups in total. The lowest BCUT2D eigenvalue weighted by Crippen LogP contribution is -2.09. The van der Waals surface area contributed by atoms with Crippen molar-refractivity contribution in [2.75, 3.05) is 26.4 Å². The van der Waals surface area contributed by atoms with Crippen LogP contribution in [0.5, 0.6) is 0 Å². The van der Waals surface area contributed by atoms with Crippen LogP contribution in [-0.4, -0.2) is 31.3 Å². The Labute approximate surface area is 96.0 Å². The van der Waals surface area contributed by atoms with E-state index in [1.807, 2.05) is 25.9 Å². The monoisotopic (exact) mass is 228 g/mol. The second-order valence-corrected chi connectivity index (χ2v) is 5.00. The number of hydrogen-bond acceptors (Lipinski definition) is 4. The van der Waals surface area contributed by atoms with E-state index in [0.29, 0.717) is 0 Å². The first kappa shape index (κ1) is 12.6. The molecule has 0 aromatic carbocycles. The number of hydrogen-bond donors (Lipinski definition) is 1. The predicted octanol–water partition coefficient (Wildman–Crippen LogP) is 1.84. The van der Waals surface area contributed by atoms with Crippen LogP contribution in [-0.2, 0) is 12.3 Å². The van der Waals surface area contributed by atoms with E-state index in [1.165, 1.54) is 5.56 Å². The van der Waals surface area contributed by atoms with Crippen LogP contribution in [0.3, 0.4) is 0 Å². The third kappa shape index (κ3) is 4.28. The van der Waals surface area contributed by atoms with E-state index in [1.54, 1.807) is 0 Å². The first-order valence-corrected chi connectivity index (χ1v) is 6.29. The molecule has 1 rings (SSSR count). The van der Waals surface area contributed by atoms with Gasteiger partial charge in [0.15, 0.2) is 0 Å². The molecule has 0 bridgehead atoms. The molecule has 0 spiro atoms. The second-order valence-electron chi connectivity index (χ2n) is 3.90. The second kappa shape index (κ2) is 6.20. The van der Waals surface area contributed by atoms with Gasteiger partial charge in [0, 0.05) is 12.3 Å². The maximum atomic E-state index is 5.77. The molecular formula is C11H20N2OS. The highest BCUT2D eigenvalue weighted by molar-refractivity contribution is 7.98. The summed E-state index contributed by atoms with van der Waals surface area (Å²) in [5.74, 6) is 4.05. The highest BCUT2D eigenvalue weighted by Gasteiger charge is 2.07. The van der Waals surface area contributed by atoms with Crippen molar-refractivity contribution in [3.63, 3.8) is 0 Å². The van der Waals surface area contributed by atoms with Crippen molar-refractivity contribution < 1.29 is 4.42 Å². The van der Waals surface area contributed by atoms with Gasteiger partial charge in [0.2, 0.25) is 0 Å². The van der Waals surface area contributed by atoms with Gasteiger partial charge in [-0.05, 0) is 32.6 Å². The largest absolute Gasteiger partial charge is 0.464 e. The number of aryl methyl sites for hydroxylation is 1. The molecule has 15 heavy (non-hydrogen) atoms. The van der Waals surface area contributed by atoms with Crippen molar-refractivity contribution in [1.82, 2.24) is 4.90 Å². The van der Waals surface area contributed by atoms with Gasteiger partial charge < -0.3 is 15.1 Å². The Bertz CT molecular complexity index is 297. The lowest BCUT2D eigenvalue weighted by atomic mass is 10.3. The molecule has 1 aromatic heterocycles. The lowest BCUT2D eigenvalue weighted by molar-refractivity contribution is 0.344. The molecule has 0 unspecified atom stereocenters. The predicted molar refractivity (Wildman–Crippen MR) is 66.1 cm³/mol. The number of rotatable bonds is 6. The summed E-state index contributed by atoms with van der Waals surface area (Å²) in [6, 6.07) is 2.12. The van der Waals surface area contributed by atoms with Gasteiger partial charge in [-0.15, -0.1) is 0 Å². The molecule has 0 saturated heterocycles. The maximum Gasteiger partial charge on any atom is 0.118 e. The number of furan rings is 1. The molecule has 0 amide bonds. The Balaban J connectivity index is 2.53. The molecule has 0 aliphatic heterocycles. The summed E-state index contributed by atoms with van der Waals surface area (Å²) in [5, 5.41) is 0. The Hall–Kier alpha value is -0.450. The third-order valence-corrected chi connectivity index (χ3v) is 3.03. The summed E-state index contributed by atoms with van der Waals surface area (Å²) in [5.41, 5.74) is 6.69. The minimum absolute atomic E-state index is 0.731. The lowest BCUT2D eigenvalue weighted by Gasteiger charge is -2.05. The molecule has 4 heteroatoms. The van der Waals surface area contributed by atoms with E-state index in [-0.39, 0.29) is 0 Å². The van der Waals surface area contributed by atoms with Crippen molar-refractivity contribution in [2.45, 2.75) is 19.2 Å². The van der Waals surface area contributed by atoms with Gasteiger partial charge in [0.25, 0.3) is 0 Å². The van der Waals surface area contributed by atoms with Crippen molar-refractivity contribution in [3.05, 3.63) is 23.2 Å². The molecular weight excluding hydrogens is 208 g/mol. The molecule has 0 fully saturated rings. The summed E-state index contributed by atoms with van der Waals surface area (Å²) in [6.45, 7) is 3.69. The summed E-state index contributed by atoms with van der Waals surface area (Å²) >= 11 is 1.82. The zero-order valence-corrected chi connectivity index (χ0v) is 10.6. The first-order valence-electron chi connectivity index (χ1n) is 5.14. The van der Waals surface area contributed by atoms with Crippen LogP contribution < -0.4 is 5.73 Å². The van der Waals surface area contributed by atoms with Gasteiger partial charge in [-0.25, -0.2) is 0 Å². The van der Waals surface area contributed by atoms with Crippen LogP contribution >= 0.6 is 11.8 Å². The van der Waals surface area contributed by atoms with Crippen LogP contribution in [0.2, 0.25) is 0 Å². The average Bonchev–Trinajstić information content (AvgIpc) is 2.46. The van der Waals surface area contributed by atoms with E-state index in [9.17, 15) is 0 Å². The molecule has 0 aliphatic carbocycles. The average molecular weight is 228 g/mol. The van der Waals surface area contributed by atoms with Crippen molar-refractivity contribution >= 4 is 11.8 Å². The Kier molecular flexibility index (Phi) is 5.22. The summed E-state index contributed by atoms with van der Waals surface area (Å²) in [7, 11) is 4.08. The summed E-state index contributed by atoms with van der Waals surface area (Å²) < 4.78 is 5.77. The fraction of sp³-hybridized carbons (Fsp3) is 0.636. The smallest absolute Gasteiger partial charge is 0.118 e. The fourth-order valence-corrected chi connectivity index (χ4v) is 2.15. The molecule has 0 atom stereocenters. The van der Waals surface area contributed by atoms with E-state index in [0.717, 1.165) is 36.1 Å². The number of nitrogens with zero attached hydrogens (tertiary/aromatic N) is 1. The van der Waals surface area contributed by atoms with Crippen molar-refractivity contribution in [2.24, 2.45) is 5.73 Å². The highest BCUT2D eigenvalue weighted by Crippen LogP contribution is 2.20. The topological polar surface area (TPSA) is 42.4 Å². The molecule has 1 aromatic rings. The van der Waals surface area contributed by atoms with Gasteiger partial charge in [-0.3, -0.25) is 0 Å². The minimum Gasteiger partial charge on any atom is -0.464 e. The maximum absolute atomic E-state index is 5.77. The van der Waals surface area contributed by atoms with Crippen LogP contribution in [0.1, 0.15) is 17.1 Å². The minimum atomic E-state index is 0.731. The summed E-state index contributed by atoms with van der Waals surface area (Å²) in [6.07, 6.45) is 0. The fourth-order valence-electron chi connectivity index (χ4n) is 1.37. The zero-order chi connectivity index (χ0) is 11.3. The van der Waals surface area contributed by atoms with E-state index in [4.69, 9.17) is 10.2 Å². The molecule has 0 radical (unpaired) electrons. The van der Waals surface area contributed by atoms with E-state index >= 15 is 0 Å². The Morgan fingerprint density at radius 1 is 1.47 bits per heavy atom. The molecule has 0 saturated carbocycles. The Morgan fingerprint density at radius 3 is 2.80 bits per heavy atom. The van der Waals surface area contributed by atoms with E-state index < -0.39 is 0 Å². The van der Waals surface area contributed by atoms with Crippen molar-refractivity contribution in [3.8, 4) is 0 Å². The molecule has 86 valence electrons. The van der Waals surface area contributed by atoms with Crippen LogP contribution in [0.15, 0.2) is 10.5 Å². The summed E-state index contributed by atoms with van der Waals surface area (Å²) in [4.78, 5) is 2.11. The van der Waals surface area contributed by atoms with E-state index in [2.05, 4.69) is 17.9 Å². The zero-order valence-electron chi connectivity index (χ0n) is 9.75. The standard InChI is InChI=1S/C11H20N2OS/c1-9-6-10(7-13(2)3)14-11(9)8-15-5-4-12/h6H,4-5,7-8,12H2,1-3H3. The van der Waals surface area contributed by atoms with Crippen molar-refractivity contribution in [1.29, 1.82) is 0 Å².